The molecular formula is C16H30N2O4. The van der Waals surface area contributed by atoms with Crippen LogP contribution in [0.3, 0.4) is 0 Å². The number of alkyl carbamates (subject to hydrolysis) is 1. The standard InChI is InChI=1S/C16H30N2O4/c1-11(18-14(19)20)13-7-5-6-12(10-13)8-9-17-15(21)22-16(2,3)4/h11-13,18H,5-10H2,1-4H3,(H,17,21)(H,19,20)/t11-,12?,13?/m0/s1. The van der Waals surface area contributed by atoms with Gasteiger partial charge in [0.2, 0.25) is 0 Å². The van der Waals surface area contributed by atoms with E-state index >= 15 is 0 Å². The number of nitrogens with one attached hydrogen (secondary N) is 2. The van der Waals surface area contributed by atoms with Gasteiger partial charge in [-0.3, -0.25) is 0 Å². The fourth-order valence-electron chi connectivity index (χ4n) is 3.05. The van der Waals surface area contributed by atoms with Crippen LogP contribution in [0.1, 0.15) is 59.8 Å². The highest BCUT2D eigenvalue weighted by Gasteiger charge is 2.27. The molecule has 3 N–H and O–H groups in total. The molecule has 0 saturated heterocycles. The van der Waals surface area contributed by atoms with E-state index in [0.29, 0.717) is 18.4 Å². The van der Waals surface area contributed by atoms with Crippen molar-refractivity contribution in [1.29, 1.82) is 0 Å². The lowest BCUT2D eigenvalue weighted by molar-refractivity contribution is 0.0522. The van der Waals surface area contributed by atoms with Crippen molar-refractivity contribution in [3.8, 4) is 0 Å². The lowest BCUT2D eigenvalue weighted by Crippen LogP contribution is -2.39. The first-order valence-corrected chi connectivity index (χ1v) is 8.13. The number of amides is 2. The molecule has 0 aliphatic heterocycles. The molecule has 0 bridgehead atoms. The second-order valence-electron chi connectivity index (χ2n) is 7.25. The molecule has 0 radical (unpaired) electrons. The van der Waals surface area contributed by atoms with Gasteiger partial charge in [0.1, 0.15) is 5.60 Å². The number of carboxylic acid groups (broad SMARTS) is 1. The Morgan fingerprint density at radius 2 is 2.00 bits per heavy atom. The van der Waals surface area contributed by atoms with Gasteiger partial charge in [-0.15, -0.1) is 0 Å². The van der Waals surface area contributed by atoms with Crippen molar-refractivity contribution in [1.82, 2.24) is 10.6 Å². The van der Waals surface area contributed by atoms with Crippen molar-refractivity contribution in [3.05, 3.63) is 0 Å². The van der Waals surface area contributed by atoms with Gasteiger partial charge in [-0.2, -0.15) is 0 Å². The van der Waals surface area contributed by atoms with E-state index in [1.54, 1.807) is 0 Å². The van der Waals surface area contributed by atoms with Crippen LogP contribution in [0.15, 0.2) is 0 Å². The second kappa shape index (κ2) is 8.25. The maximum Gasteiger partial charge on any atom is 0.407 e. The van der Waals surface area contributed by atoms with E-state index in [2.05, 4.69) is 10.6 Å². The maximum absolute atomic E-state index is 11.6. The lowest BCUT2D eigenvalue weighted by atomic mass is 9.77. The van der Waals surface area contributed by atoms with Crippen molar-refractivity contribution in [2.24, 2.45) is 11.8 Å². The molecule has 1 fully saturated rings. The summed E-state index contributed by atoms with van der Waals surface area (Å²) in [6.45, 7) is 8.06. The Bertz CT molecular complexity index is 379. The van der Waals surface area contributed by atoms with Gasteiger partial charge in [-0.05, 0) is 58.8 Å². The lowest BCUT2D eigenvalue weighted by Gasteiger charge is -2.33. The van der Waals surface area contributed by atoms with E-state index in [-0.39, 0.29) is 12.1 Å². The first kappa shape index (κ1) is 18.6. The summed E-state index contributed by atoms with van der Waals surface area (Å²) < 4.78 is 5.20. The minimum atomic E-state index is -0.957. The summed E-state index contributed by atoms with van der Waals surface area (Å²) in [6, 6.07) is -0.0147. The van der Waals surface area contributed by atoms with Crippen LogP contribution in [-0.2, 0) is 4.74 Å². The third kappa shape index (κ3) is 7.52. The van der Waals surface area contributed by atoms with Crippen LogP contribution in [0.25, 0.3) is 0 Å². The highest BCUT2D eigenvalue weighted by molar-refractivity contribution is 5.67. The third-order valence-corrected chi connectivity index (χ3v) is 4.10. The summed E-state index contributed by atoms with van der Waals surface area (Å²) in [5.41, 5.74) is -0.474. The first-order chi connectivity index (χ1) is 10.2. The number of carbonyl (C=O) groups is 2. The smallest absolute Gasteiger partial charge is 0.407 e. The SMILES string of the molecule is C[C@H](NC(=O)O)C1CCCC(CCNC(=O)OC(C)(C)C)C1. The molecule has 0 aromatic rings. The normalized spacial score (nSPS) is 23.5. The molecule has 0 aromatic carbocycles. The molecule has 128 valence electrons. The molecule has 6 nitrogen and oxygen atoms in total. The largest absolute Gasteiger partial charge is 0.465 e. The van der Waals surface area contributed by atoms with Crippen LogP contribution in [0.2, 0.25) is 0 Å². The minimum Gasteiger partial charge on any atom is -0.465 e. The molecule has 3 atom stereocenters. The molecule has 1 aliphatic carbocycles. The molecule has 0 aromatic heterocycles. The Morgan fingerprint density at radius 1 is 1.32 bits per heavy atom. The molecule has 0 heterocycles. The third-order valence-electron chi connectivity index (χ3n) is 4.10. The van der Waals surface area contributed by atoms with Crippen molar-refractivity contribution < 1.29 is 19.4 Å². The molecule has 1 aliphatic rings. The molecule has 1 rings (SSSR count). The zero-order valence-corrected chi connectivity index (χ0v) is 14.1. The molecule has 2 unspecified atom stereocenters. The summed E-state index contributed by atoms with van der Waals surface area (Å²) in [5.74, 6) is 0.920. The summed E-state index contributed by atoms with van der Waals surface area (Å²) in [6.07, 6.45) is 3.92. The van der Waals surface area contributed by atoms with Crippen molar-refractivity contribution in [2.45, 2.75) is 71.4 Å². The van der Waals surface area contributed by atoms with Gasteiger partial charge in [0.05, 0.1) is 0 Å². The zero-order valence-electron chi connectivity index (χ0n) is 14.1. The average Bonchev–Trinajstić information content (AvgIpc) is 2.36. The Balaban J connectivity index is 2.28. The number of hydrogen-bond donors (Lipinski definition) is 3. The molecular weight excluding hydrogens is 284 g/mol. The Labute approximate surface area is 133 Å². The van der Waals surface area contributed by atoms with Crippen molar-refractivity contribution in [3.63, 3.8) is 0 Å². The monoisotopic (exact) mass is 314 g/mol. The van der Waals surface area contributed by atoms with Crippen LogP contribution in [-0.4, -0.2) is 35.5 Å². The predicted molar refractivity (Wildman–Crippen MR) is 84.9 cm³/mol. The van der Waals surface area contributed by atoms with Gasteiger partial charge < -0.3 is 20.5 Å². The van der Waals surface area contributed by atoms with Gasteiger partial charge in [-0.25, -0.2) is 9.59 Å². The van der Waals surface area contributed by atoms with Crippen LogP contribution >= 0.6 is 0 Å². The molecule has 2 amide bonds. The average molecular weight is 314 g/mol. The number of rotatable bonds is 5. The highest BCUT2D eigenvalue weighted by Crippen LogP contribution is 2.32. The quantitative estimate of drug-likeness (QED) is 0.726. The van der Waals surface area contributed by atoms with Crippen molar-refractivity contribution >= 4 is 12.2 Å². The molecule has 1 saturated carbocycles. The summed E-state index contributed by atoms with van der Waals surface area (Å²) in [5, 5.41) is 14.2. The van der Waals surface area contributed by atoms with Crippen LogP contribution in [0.4, 0.5) is 9.59 Å². The topological polar surface area (TPSA) is 87.7 Å². The summed E-state index contributed by atoms with van der Waals surface area (Å²) in [4.78, 5) is 22.3. The van der Waals surface area contributed by atoms with Crippen LogP contribution in [0, 0.1) is 11.8 Å². The van der Waals surface area contributed by atoms with Gasteiger partial charge >= 0.3 is 12.2 Å². The molecule has 6 heteroatoms. The van der Waals surface area contributed by atoms with E-state index in [0.717, 1.165) is 32.1 Å². The Kier molecular flexibility index (Phi) is 6.97. The summed E-state index contributed by atoms with van der Waals surface area (Å²) >= 11 is 0. The highest BCUT2D eigenvalue weighted by atomic mass is 16.6. The predicted octanol–water partition coefficient (Wildman–Crippen LogP) is 3.36. The fraction of sp³-hybridized carbons (Fsp3) is 0.875. The first-order valence-electron chi connectivity index (χ1n) is 8.13. The summed E-state index contributed by atoms with van der Waals surface area (Å²) in [7, 11) is 0. The Morgan fingerprint density at radius 3 is 2.59 bits per heavy atom. The van der Waals surface area contributed by atoms with Gasteiger partial charge in [0.25, 0.3) is 0 Å². The minimum absolute atomic E-state index is 0.0147. The van der Waals surface area contributed by atoms with E-state index < -0.39 is 11.7 Å². The maximum atomic E-state index is 11.6. The Hall–Kier alpha value is -1.46. The molecule has 22 heavy (non-hydrogen) atoms. The van der Waals surface area contributed by atoms with E-state index in [4.69, 9.17) is 9.84 Å². The van der Waals surface area contributed by atoms with Crippen LogP contribution in [0.5, 0.6) is 0 Å². The van der Waals surface area contributed by atoms with E-state index in [1.165, 1.54) is 0 Å². The zero-order chi connectivity index (χ0) is 16.8. The van der Waals surface area contributed by atoms with Gasteiger partial charge in [0, 0.05) is 12.6 Å². The number of carbonyl (C=O) groups excluding carboxylic acids is 1. The van der Waals surface area contributed by atoms with Crippen molar-refractivity contribution in [2.75, 3.05) is 6.54 Å². The molecule has 0 spiro atoms. The fourth-order valence-corrected chi connectivity index (χ4v) is 3.05. The van der Waals surface area contributed by atoms with Gasteiger partial charge in [0.15, 0.2) is 0 Å². The number of hydrogen-bond acceptors (Lipinski definition) is 3. The number of ether oxygens (including phenoxy) is 1. The van der Waals surface area contributed by atoms with Gasteiger partial charge in [-0.1, -0.05) is 12.8 Å². The van der Waals surface area contributed by atoms with E-state index in [9.17, 15) is 9.59 Å². The second-order valence-corrected chi connectivity index (χ2v) is 7.25. The van der Waals surface area contributed by atoms with E-state index in [1.807, 2.05) is 27.7 Å². The van der Waals surface area contributed by atoms with Crippen LogP contribution < -0.4 is 10.6 Å².